The number of hydrogen-bond donors (Lipinski definition) is 1. The minimum atomic E-state index is -0.667. The fourth-order valence-electron chi connectivity index (χ4n) is 1.63. The Morgan fingerprint density at radius 2 is 1.87 bits per heavy atom. The standard InChI is InChI=1S/C11H13F2NO/c1-15-11-9(12)5-8(6-10(11)13)14-7-3-2-4-7/h5-7,14H,2-4H2,1H3. The summed E-state index contributed by atoms with van der Waals surface area (Å²) in [5.74, 6) is -1.66. The van der Waals surface area contributed by atoms with E-state index in [1.165, 1.54) is 25.7 Å². The third-order valence-electron chi connectivity index (χ3n) is 2.68. The van der Waals surface area contributed by atoms with Crippen molar-refractivity contribution < 1.29 is 13.5 Å². The summed E-state index contributed by atoms with van der Waals surface area (Å²) in [5.41, 5.74) is 0.482. The van der Waals surface area contributed by atoms with Gasteiger partial charge in [0, 0.05) is 23.9 Å². The van der Waals surface area contributed by atoms with Crippen LogP contribution in [-0.2, 0) is 0 Å². The van der Waals surface area contributed by atoms with Gasteiger partial charge in [0.15, 0.2) is 17.4 Å². The van der Waals surface area contributed by atoms with E-state index in [1.807, 2.05) is 0 Å². The summed E-state index contributed by atoms with van der Waals surface area (Å²) in [4.78, 5) is 0. The quantitative estimate of drug-likeness (QED) is 0.833. The number of ether oxygens (including phenoxy) is 1. The predicted molar refractivity (Wildman–Crippen MR) is 54.2 cm³/mol. The smallest absolute Gasteiger partial charge is 0.190 e. The van der Waals surface area contributed by atoms with Crippen molar-refractivity contribution in [2.75, 3.05) is 12.4 Å². The maximum atomic E-state index is 13.3. The minimum absolute atomic E-state index is 0.325. The summed E-state index contributed by atoms with van der Waals surface area (Å²) in [6, 6.07) is 2.89. The molecule has 0 bridgehead atoms. The van der Waals surface area contributed by atoms with Gasteiger partial charge in [-0.15, -0.1) is 0 Å². The molecule has 2 nitrogen and oxygen atoms in total. The van der Waals surface area contributed by atoms with E-state index in [2.05, 4.69) is 10.1 Å². The molecule has 82 valence electrons. The molecule has 0 unspecified atom stereocenters. The van der Waals surface area contributed by atoms with Crippen LogP contribution in [0.1, 0.15) is 19.3 Å². The van der Waals surface area contributed by atoms with E-state index in [1.54, 1.807) is 0 Å². The lowest BCUT2D eigenvalue weighted by Gasteiger charge is -2.27. The molecule has 15 heavy (non-hydrogen) atoms. The average molecular weight is 213 g/mol. The molecule has 1 fully saturated rings. The van der Waals surface area contributed by atoms with Crippen LogP contribution in [0, 0.1) is 11.6 Å². The molecule has 1 aromatic carbocycles. The zero-order chi connectivity index (χ0) is 10.8. The van der Waals surface area contributed by atoms with Crippen LogP contribution in [0.4, 0.5) is 14.5 Å². The minimum Gasteiger partial charge on any atom is -0.491 e. The highest BCUT2D eigenvalue weighted by molar-refractivity contribution is 5.49. The fourth-order valence-corrected chi connectivity index (χ4v) is 1.63. The summed E-state index contributed by atoms with van der Waals surface area (Å²) >= 11 is 0. The van der Waals surface area contributed by atoms with Crippen molar-refractivity contribution in [3.63, 3.8) is 0 Å². The monoisotopic (exact) mass is 213 g/mol. The normalized spacial score (nSPS) is 15.9. The molecule has 2 rings (SSSR count). The Bertz CT molecular complexity index is 341. The van der Waals surface area contributed by atoms with E-state index < -0.39 is 11.6 Å². The number of rotatable bonds is 3. The zero-order valence-corrected chi connectivity index (χ0v) is 8.52. The van der Waals surface area contributed by atoms with Crippen LogP contribution in [0.3, 0.4) is 0 Å². The van der Waals surface area contributed by atoms with Gasteiger partial charge in [0.1, 0.15) is 0 Å². The Labute approximate surface area is 87.2 Å². The van der Waals surface area contributed by atoms with Gasteiger partial charge in [0.25, 0.3) is 0 Å². The molecule has 1 N–H and O–H groups in total. The Morgan fingerprint density at radius 3 is 2.27 bits per heavy atom. The van der Waals surface area contributed by atoms with Gasteiger partial charge in [0.2, 0.25) is 0 Å². The van der Waals surface area contributed by atoms with E-state index in [0.29, 0.717) is 11.7 Å². The maximum absolute atomic E-state index is 13.3. The van der Waals surface area contributed by atoms with E-state index >= 15 is 0 Å². The van der Waals surface area contributed by atoms with Crippen LogP contribution in [0.15, 0.2) is 12.1 Å². The summed E-state index contributed by atoms with van der Waals surface area (Å²) in [6.07, 6.45) is 3.31. The molecule has 4 heteroatoms. The zero-order valence-electron chi connectivity index (χ0n) is 8.52. The first kappa shape index (κ1) is 10.2. The third kappa shape index (κ3) is 2.03. The number of nitrogens with one attached hydrogen (secondary N) is 1. The Hall–Kier alpha value is -1.32. The molecular weight excluding hydrogens is 200 g/mol. The van der Waals surface area contributed by atoms with Crippen molar-refractivity contribution in [2.45, 2.75) is 25.3 Å². The number of halogens is 2. The van der Waals surface area contributed by atoms with Gasteiger partial charge in [-0.3, -0.25) is 0 Å². The van der Waals surface area contributed by atoms with E-state index in [4.69, 9.17) is 0 Å². The van der Waals surface area contributed by atoms with Crippen LogP contribution in [0.25, 0.3) is 0 Å². The second kappa shape index (κ2) is 4.04. The second-order valence-electron chi connectivity index (χ2n) is 3.75. The Morgan fingerprint density at radius 1 is 1.27 bits per heavy atom. The molecule has 0 radical (unpaired) electrons. The van der Waals surface area contributed by atoms with Crippen molar-refractivity contribution in [3.05, 3.63) is 23.8 Å². The van der Waals surface area contributed by atoms with Gasteiger partial charge in [-0.1, -0.05) is 0 Å². The molecule has 0 amide bonds. The maximum Gasteiger partial charge on any atom is 0.190 e. The first-order valence-electron chi connectivity index (χ1n) is 5.00. The predicted octanol–water partition coefficient (Wildman–Crippen LogP) is 2.94. The highest BCUT2D eigenvalue weighted by atomic mass is 19.1. The summed E-state index contributed by atoms with van der Waals surface area (Å²) < 4.78 is 31.2. The van der Waals surface area contributed by atoms with Gasteiger partial charge in [-0.25, -0.2) is 8.78 Å². The summed E-state index contributed by atoms with van der Waals surface area (Å²) in [6.45, 7) is 0. The third-order valence-corrected chi connectivity index (χ3v) is 2.68. The molecule has 0 atom stereocenters. The van der Waals surface area contributed by atoms with Crippen LogP contribution in [0.2, 0.25) is 0 Å². The number of hydrogen-bond acceptors (Lipinski definition) is 2. The fraction of sp³-hybridized carbons (Fsp3) is 0.455. The van der Waals surface area contributed by atoms with Crippen LogP contribution in [0.5, 0.6) is 5.75 Å². The lowest BCUT2D eigenvalue weighted by atomic mass is 9.93. The van der Waals surface area contributed by atoms with E-state index in [-0.39, 0.29) is 5.75 Å². The molecule has 1 aliphatic carbocycles. The highest BCUT2D eigenvalue weighted by Gasteiger charge is 2.18. The SMILES string of the molecule is COc1c(F)cc(NC2CCC2)cc1F. The molecule has 0 aliphatic heterocycles. The molecule has 0 saturated heterocycles. The molecule has 1 aromatic rings. The van der Waals surface area contributed by atoms with E-state index in [9.17, 15) is 8.78 Å². The van der Waals surface area contributed by atoms with Crippen molar-refractivity contribution in [1.29, 1.82) is 0 Å². The van der Waals surface area contributed by atoms with Gasteiger partial charge < -0.3 is 10.1 Å². The van der Waals surface area contributed by atoms with Crippen LogP contribution < -0.4 is 10.1 Å². The highest BCUT2D eigenvalue weighted by Crippen LogP contribution is 2.28. The van der Waals surface area contributed by atoms with Crippen molar-refractivity contribution in [1.82, 2.24) is 0 Å². The molecular formula is C11H13F2NO. The van der Waals surface area contributed by atoms with Gasteiger partial charge in [-0.05, 0) is 19.3 Å². The molecule has 0 heterocycles. The van der Waals surface area contributed by atoms with Gasteiger partial charge >= 0.3 is 0 Å². The number of methoxy groups -OCH3 is 1. The Kier molecular flexibility index (Phi) is 2.75. The lowest BCUT2D eigenvalue weighted by Crippen LogP contribution is -2.27. The summed E-state index contributed by atoms with van der Waals surface area (Å²) in [5, 5.41) is 3.08. The Balaban J connectivity index is 2.18. The number of benzene rings is 1. The second-order valence-corrected chi connectivity index (χ2v) is 3.75. The van der Waals surface area contributed by atoms with Crippen LogP contribution in [-0.4, -0.2) is 13.2 Å². The molecule has 0 aromatic heterocycles. The van der Waals surface area contributed by atoms with Crippen molar-refractivity contribution in [2.24, 2.45) is 0 Å². The van der Waals surface area contributed by atoms with Gasteiger partial charge in [-0.2, -0.15) is 0 Å². The average Bonchev–Trinajstić information content (AvgIpc) is 2.11. The van der Waals surface area contributed by atoms with Crippen LogP contribution >= 0.6 is 0 Å². The van der Waals surface area contributed by atoms with Crippen molar-refractivity contribution >= 4 is 5.69 Å². The first-order valence-corrected chi connectivity index (χ1v) is 5.00. The van der Waals surface area contributed by atoms with Gasteiger partial charge in [0.05, 0.1) is 7.11 Å². The molecule has 1 saturated carbocycles. The number of anilines is 1. The lowest BCUT2D eigenvalue weighted by molar-refractivity contribution is 0.360. The first-order chi connectivity index (χ1) is 7.20. The van der Waals surface area contributed by atoms with E-state index in [0.717, 1.165) is 12.8 Å². The largest absolute Gasteiger partial charge is 0.491 e. The molecule has 0 spiro atoms. The van der Waals surface area contributed by atoms with Crippen molar-refractivity contribution in [3.8, 4) is 5.75 Å². The summed E-state index contributed by atoms with van der Waals surface area (Å²) in [7, 11) is 1.25. The topological polar surface area (TPSA) is 21.3 Å². The molecule has 1 aliphatic rings.